The Morgan fingerprint density at radius 3 is 3.00 bits per heavy atom. The fourth-order valence-corrected chi connectivity index (χ4v) is 2.42. The summed E-state index contributed by atoms with van der Waals surface area (Å²) in [4.78, 5) is 15.5. The van der Waals surface area contributed by atoms with Crippen LogP contribution in [-0.2, 0) is 10.5 Å². The van der Waals surface area contributed by atoms with Crippen molar-refractivity contribution in [1.29, 1.82) is 0 Å². The van der Waals surface area contributed by atoms with Crippen LogP contribution in [0.1, 0.15) is 11.4 Å². The first kappa shape index (κ1) is 15.3. The van der Waals surface area contributed by atoms with Crippen molar-refractivity contribution in [2.75, 3.05) is 18.2 Å². The quantitative estimate of drug-likeness (QED) is 0.882. The number of rotatable bonds is 6. The number of thioether (sulfide) groups is 1. The minimum absolute atomic E-state index is 0.0708. The largest absolute Gasteiger partial charge is 0.496 e. The molecule has 0 bridgehead atoms. The summed E-state index contributed by atoms with van der Waals surface area (Å²) in [6, 6.07) is 4.36. The van der Waals surface area contributed by atoms with Crippen LogP contribution < -0.4 is 10.1 Å². The molecule has 0 saturated carbocycles. The van der Waals surface area contributed by atoms with Crippen LogP contribution in [0.2, 0.25) is 0 Å². The third-order valence-electron chi connectivity index (χ3n) is 2.51. The van der Waals surface area contributed by atoms with Crippen LogP contribution in [0.3, 0.4) is 0 Å². The summed E-state index contributed by atoms with van der Waals surface area (Å²) >= 11 is 1.33. The van der Waals surface area contributed by atoms with Crippen molar-refractivity contribution < 1.29 is 18.4 Å². The highest BCUT2D eigenvalue weighted by Crippen LogP contribution is 2.24. The number of amides is 1. The van der Waals surface area contributed by atoms with Crippen molar-refractivity contribution in [3.05, 3.63) is 35.4 Å². The van der Waals surface area contributed by atoms with Gasteiger partial charge in [-0.2, -0.15) is 4.98 Å². The number of carbonyl (C=O) groups is 1. The Kier molecular flexibility index (Phi) is 5.15. The van der Waals surface area contributed by atoms with E-state index >= 15 is 0 Å². The number of hydrogen-bond acceptors (Lipinski definition) is 6. The molecule has 0 aliphatic carbocycles. The van der Waals surface area contributed by atoms with E-state index in [2.05, 4.69) is 15.5 Å². The summed E-state index contributed by atoms with van der Waals surface area (Å²) in [6.45, 7) is 1.66. The zero-order valence-corrected chi connectivity index (χ0v) is 12.4. The molecule has 0 aliphatic heterocycles. The third kappa shape index (κ3) is 4.45. The Labute approximate surface area is 125 Å². The lowest BCUT2D eigenvalue weighted by atomic mass is 10.2. The number of aromatic nitrogens is 2. The number of hydrogen-bond donors (Lipinski definition) is 1. The minimum Gasteiger partial charge on any atom is -0.496 e. The number of carbonyl (C=O) groups excluding carboxylic acids is 1. The van der Waals surface area contributed by atoms with Crippen LogP contribution in [0.15, 0.2) is 22.7 Å². The van der Waals surface area contributed by atoms with Gasteiger partial charge in [0, 0.05) is 11.3 Å². The van der Waals surface area contributed by atoms with Crippen molar-refractivity contribution >= 4 is 23.7 Å². The highest BCUT2D eigenvalue weighted by atomic mass is 32.2. The molecule has 2 rings (SSSR count). The maximum atomic E-state index is 13.2. The normalized spacial score (nSPS) is 10.4. The van der Waals surface area contributed by atoms with Crippen molar-refractivity contribution in [2.45, 2.75) is 12.7 Å². The van der Waals surface area contributed by atoms with Gasteiger partial charge in [-0.25, -0.2) is 4.39 Å². The van der Waals surface area contributed by atoms with Gasteiger partial charge in [0.05, 0.1) is 12.9 Å². The van der Waals surface area contributed by atoms with E-state index in [0.717, 1.165) is 0 Å². The molecule has 1 heterocycles. The highest BCUT2D eigenvalue weighted by Gasteiger charge is 2.10. The maximum Gasteiger partial charge on any atom is 0.328 e. The van der Waals surface area contributed by atoms with E-state index in [1.165, 1.54) is 31.0 Å². The Bertz CT molecular complexity index is 633. The first-order chi connectivity index (χ1) is 10.1. The molecule has 21 heavy (non-hydrogen) atoms. The molecule has 6 nitrogen and oxygen atoms in total. The molecule has 0 aliphatic rings. The van der Waals surface area contributed by atoms with Gasteiger partial charge in [0.15, 0.2) is 5.82 Å². The Morgan fingerprint density at radius 2 is 2.33 bits per heavy atom. The average molecular weight is 311 g/mol. The highest BCUT2D eigenvalue weighted by molar-refractivity contribution is 7.99. The number of anilines is 1. The molecule has 1 amide bonds. The number of nitrogens with one attached hydrogen (secondary N) is 1. The first-order valence-electron chi connectivity index (χ1n) is 6.09. The lowest BCUT2D eigenvalue weighted by Crippen LogP contribution is -2.14. The smallest absolute Gasteiger partial charge is 0.328 e. The molecule has 0 radical (unpaired) electrons. The van der Waals surface area contributed by atoms with Crippen LogP contribution in [0.4, 0.5) is 10.4 Å². The Hall–Kier alpha value is -2.09. The molecule has 1 aromatic carbocycles. The Morgan fingerprint density at radius 1 is 1.52 bits per heavy atom. The van der Waals surface area contributed by atoms with Gasteiger partial charge in [0.25, 0.3) is 0 Å². The topological polar surface area (TPSA) is 77.2 Å². The summed E-state index contributed by atoms with van der Waals surface area (Å²) in [5, 5.41) is 6.05. The summed E-state index contributed by atoms with van der Waals surface area (Å²) in [5.74, 6) is 1.08. The van der Waals surface area contributed by atoms with Crippen molar-refractivity contribution in [1.82, 2.24) is 10.1 Å². The number of halogens is 1. The van der Waals surface area contributed by atoms with Crippen LogP contribution in [-0.4, -0.2) is 28.9 Å². The second kappa shape index (κ2) is 7.07. The molecule has 0 spiro atoms. The molecule has 2 aromatic rings. The third-order valence-corrected chi connectivity index (χ3v) is 3.49. The number of methoxy groups -OCH3 is 1. The van der Waals surface area contributed by atoms with Gasteiger partial charge in [-0.3, -0.25) is 10.1 Å². The van der Waals surface area contributed by atoms with Crippen molar-refractivity contribution in [3.63, 3.8) is 0 Å². The zero-order chi connectivity index (χ0) is 15.2. The van der Waals surface area contributed by atoms with Crippen LogP contribution in [0, 0.1) is 12.7 Å². The second-order valence-corrected chi connectivity index (χ2v) is 5.13. The molecule has 8 heteroatoms. The molecule has 0 fully saturated rings. The maximum absolute atomic E-state index is 13.2. The van der Waals surface area contributed by atoms with Crippen LogP contribution >= 0.6 is 11.8 Å². The molecule has 1 aromatic heterocycles. The molecule has 1 N–H and O–H groups in total. The fraction of sp³-hybridized carbons (Fsp3) is 0.308. The van der Waals surface area contributed by atoms with E-state index in [-0.39, 0.29) is 23.5 Å². The lowest BCUT2D eigenvalue weighted by molar-refractivity contribution is -0.114. The summed E-state index contributed by atoms with van der Waals surface area (Å²) in [6.07, 6.45) is 0. The molecular formula is C13H14FN3O3S. The first-order valence-corrected chi connectivity index (χ1v) is 7.24. The minimum atomic E-state index is -0.336. The SMILES string of the molecule is COc1ccc(F)cc1CSCC(=O)Nc1nc(C)no1. The standard InChI is InChI=1S/C13H14FN3O3S/c1-8-15-13(20-17-8)16-12(18)7-21-6-9-5-10(14)3-4-11(9)19-2/h3-5H,6-7H2,1-2H3,(H,15,16,17,18). The fourth-order valence-electron chi connectivity index (χ4n) is 1.62. The van der Waals surface area contributed by atoms with Crippen molar-refractivity contribution in [3.8, 4) is 5.75 Å². The van der Waals surface area contributed by atoms with Crippen LogP contribution in [0.25, 0.3) is 0 Å². The van der Waals surface area contributed by atoms with E-state index in [0.29, 0.717) is 22.9 Å². The monoisotopic (exact) mass is 311 g/mol. The van der Waals surface area contributed by atoms with Gasteiger partial charge in [-0.05, 0) is 25.1 Å². The summed E-state index contributed by atoms with van der Waals surface area (Å²) in [7, 11) is 1.52. The van der Waals surface area contributed by atoms with Gasteiger partial charge in [-0.1, -0.05) is 5.16 Å². The van der Waals surface area contributed by atoms with Gasteiger partial charge < -0.3 is 9.26 Å². The predicted molar refractivity (Wildman–Crippen MR) is 76.8 cm³/mol. The molecular weight excluding hydrogens is 297 g/mol. The van der Waals surface area contributed by atoms with E-state index in [1.807, 2.05) is 0 Å². The van der Waals surface area contributed by atoms with Gasteiger partial charge >= 0.3 is 6.01 Å². The van der Waals surface area contributed by atoms with E-state index in [1.54, 1.807) is 13.0 Å². The van der Waals surface area contributed by atoms with Gasteiger partial charge in [0.2, 0.25) is 5.91 Å². The lowest BCUT2D eigenvalue weighted by Gasteiger charge is -2.08. The van der Waals surface area contributed by atoms with Crippen LogP contribution in [0.5, 0.6) is 5.75 Å². The molecule has 112 valence electrons. The van der Waals surface area contributed by atoms with Crippen molar-refractivity contribution in [2.24, 2.45) is 0 Å². The van der Waals surface area contributed by atoms with Gasteiger partial charge in [-0.15, -0.1) is 11.8 Å². The van der Waals surface area contributed by atoms with E-state index in [4.69, 9.17) is 9.26 Å². The number of ether oxygens (including phenoxy) is 1. The molecule has 0 unspecified atom stereocenters. The van der Waals surface area contributed by atoms with E-state index in [9.17, 15) is 9.18 Å². The van der Waals surface area contributed by atoms with E-state index < -0.39 is 0 Å². The number of benzene rings is 1. The molecule has 0 atom stereocenters. The number of aryl methyl sites for hydroxylation is 1. The Balaban J connectivity index is 1.84. The van der Waals surface area contributed by atoms with Gasteiger partial charge in [0.1, 0.15) is 11.6 Å². The predicted octanol–water partition coefficient (Wildman–Crippen LogP) is 2.40. The average Bonchev–Trinajstić information content (AvgIpc) is 2.84. The number of nitrogens with zero attached hydrogens (tertiary/aromatic N) is 2. The summed E-state index contributed by atoms with van der Waals surface area (Å²) < 4.78 is 23.1. The molecule has 0 saturated heterocycles. The summed E-state index contributed by atoms with van der Waals surface area (Å²) in [5.41, 5.74) is 0.698. The second-order valence-electron chi connectivity index (χ2n) is 4.14. The zero-order valence-electron chi connectivity index (χ0n) is 11.6.